The van der Waals surface area contributed by atoms with Gasteiger partial charge >= 0.3 is 5.97 Å². The number of aliphatic hydroxyl groups excluding tert-OH is 2. The Balaban J connectivity index is 1.81. The van der Waals surface area contributed by atoms with Crippen molar-refractivity contribution in [2.45, 2.75) is 104 Å². The van der Waals surface area contributed by atoms with E-state index in [4.69, 9.17) is 4.74 Å². The molecule has 2 saturated heterocycles. The third-order valence-corrected chi connectivity index (χ3v) is 8.37. The van der Waals surface area contributed by atoms with Crippen LogP contribution in [0.15, 0.2) is 11.0 Å². The van der Waals surface area contributed by atoms with Crippen LogP contribution in [0.25, 0.3) is 6.08 Å². The first-order valence-electron chi connectivity index (χ1n) is 12.4. The zero-order valence-electron chi connectivity index (χ0n) is 21.2. The van der Waals surface area contributed by atoms with Crippen LogP contribution >= 0.6 is 11.3 Å². The first-order valence-corrected chi connectivity index (χ1v) is 13.2. The lowest BCUT2D eigenvalue weighted by Crippen LogP contribution is -2.45. The second kappa shape index (κ2) is 11.0. The number of fused-ring (bicyclic) bond motifs is 1. The topological polar surface area (TPSA) is 119 Å². The van der Waals surface area contributed by atoms with Crippen molar-refractivity contribution in [1.29, 1.82) is 0 Å². The van der Waals surface area contributed by atoms with Crippen LogP contribution in [0.4, 0.5) is 0 Å². The Morgan fingerprint density at radius 2 is 1.94 bits per heavy atom. The summed E-state index contributed by atoms with van der Waals surface area (Å²) in [4.78, 5) is 30.5. The number of ketones is 1. The molecule has 0 aliphatic carbocycles. The van der Waals surface area contributed by atoms with Crippen LogP contribution in [-0.4, -0.2) is 57.3 Å². The summed E-state index contributed by atoms with van der Waals surface area (Å²) in [5.41, 5.74) is 0.567. The summed E-state index contributed by atoms with van der Waals surface area (Å²) >= 11 is 1.57. The fourth-order valence-electron chi connectivity index (χ4n) is 4.92. The Morgan fingerprint density at radius 3 is 2.59 bits per heavy atom. The first kappa shape index (κ1) is 27.0. The maximum Gasteiger partial charge on any atom is 0.309 e. The third-order valence-electron chi connectivity index (χ3n) is 7.58. The van der Waals surface area contributed by atoms with Gasteiger partial charge in [-0.15, -0.1) is 11.3 Å². The molecule has 8 heteroatoms. The number of hydrogen-bond donors (Lipinski definition) is 3. The number of aryl methyl sites for hydroxylation is 1. The number of Topliss-reactive ketones (excluding diaryl/α,β-unsaturated/α-hetero) is 1. The van der Waals surface area contributed by atoms with Crippen LogP contribution in [-0.2, 0) is 14.3 Å². The van der Waals surface area contributed by atoms with Gasteiger partial charge in [-0.25, -0.2) is 4.98 Å². The predicted molar refractivity (Wildman–Crippen MR) is 133 cm³/mol. The second-order valence-corrected chi connectivity index (χ2v) is 11.8. The Labute approximate surface area is 207 Å². The van der Waals surface area contributed by atoms with E-state index in [1.807, 2.05) is 32.2 Å². The van der Waals surface area contributed by atoms with Gasteiger partial charge in [-0.3, -0.25) is 9.59 Å². The number of nitrogens with zero attached hydrogens (tertiary/aromatic N) is 1. The third kappa shape index (κ3) is 6.53. The standard InChI is InChI=1S/C26H40N2O5S/c1-14-8-7-9-19-20(28-19)11-21(15(2)10-18-13-34-17(4)27-18)33-23(30)12-22(29)26(5,6)25(32)16(3)24(14)31/h10,13-14,16,19-22,24,28-29,31H,7-9,11-12H2,1-6H3/t14-,16+,19+,20-,21?,22-,24-/m0/s1. The lowest BCUT2D eigenvalue weighted by molar-refractivity contribution is -0.154. The fourth-order valence-corrected chi connectivity index (χ4v) is 5.49. The number of esters is 1. The number of carbonyl (C=O) groups is 2. The molecule has 0 aromatic carbocycles. The smallest absolute Gasteiger partial charge is 0.309 e. The molecule has 1 aromatic rings. The summed E-state index contributed by atoms with van der Waals surface area (Å²) in [6.07, 6.45) is 2.64. The van der Waals surface area contributed by atoms with Crippen molar-refractivity contribution in [2.75, 3.05) is 0 Å². The Bertz CT molecular complexity index is 911. The molecule has 3 N–H and O–H groups in total. The quantitative estimate of drug-likeness (QED) is 0.426. The van der Waals surface area contributed by atoms with Gasteiger partial charge in [0.15, 0.2) is 0 Å². The number of nitrogens with one attached hydrogen (secondary N) is 1. The van der Waals surface area contributed by atoms with Gasteiger partial charge in [0.2, 0.25) is 0 Å². The molecule has 0 bridgehead atoms. The van der Waals surface area contributed by atoms with Crippen molar-refractivity contribution in [1.82, 2.24) is 10.3 Å². The lowest BCUT2D eigenvalue weighted by atomic mass is 9.73. The number of rotatable bonds is 2. The molecule has 2 aliphatic heterocycles. The molecule has 2 fully saturated rings. The van der Waals surface area contributed by atoms with Crippen LogP contribution in [0.2, 0.25) is 0 Å². The number of ether oxygens (including phenoxy) is 1. The van der Waals surface area contributed by atoms with Crippen molar-refractivity contribution in [2.24, 2.45) is 17.3 Å². The van der Waals surface area contributed by atoms with Crippen molar-refractivity contribution >= 4 is 29.2 Å². The zero-order valence-corrected chi connectivity index (χ0v) is 22.0. The van der Waals surface area contributed by atoms with Gasteiger partial charge in [0.1, 0.15) is 11.9 Å². The highest BCUT2D eigenvalue weighted by Gasteiger charge is 2.43. The van der Waals surface area contributed by atoms with Gasteiger partial charge in [-0.05, 0) is 44.3 Å². The average Bonchev–Trinajstić information content (AvgIpc) is 3.38. The van der Waals surface area contributed by atoms with Crippen molar-refractivity contribution in [3.05, 3.63) is 21.7 Å². The summed E-state index contributed by atoms with van der Waals surface area (Å²) in [6.45, 7) is 10.8. The molecule has 0 spiro atoms. The van der Waals surface area contributed by atoms with Crippen LogP contribution in [0, 0.1) is 24.2 Å². The summed E-state index contributed by atoms with van der Waals surface area (Å²) in [5.74, 6) is -1.43. The van der Waals surface area contributed by atoms with Gasteiger partial charge in [-0.1, -0.05) is 34.1 Å². The van der Waals surface area contributed by atoms with Crippen molar-refractivity contribution in [3.8, 4) is 0 Å². The minimum Gasteiger partial charge on any atom is -0.458 e. The molecule has 0 radical (unpaired) electrons. The van der Waals surface area contributed by atoms with E-state index in [-0.39, 0.29) is 24.2 Å². The molecule has 0 saturated carbocycles. The van der Waals surface area contributed by atoms with E-state index < -0.39 is 35.6 Å². The van der Waals surface area contributed by atoms with Gasteiger partial charge in [0.25, 0.3) is 0 Å². The second-order valence-electron chi connectivity index (χ2n) is 10.8. The van der Waals surface area contributed by atoms with Gasteiger partial charge in [-0.2, -0.15) is 0 Å². The molecule has 3 rings (SSSR count). The molecule has 190 valence electrons. The molecule has 7 nitrogen and oxygen atoms in total. The average molecular weight is 493 g/mol. The molecule has 2 aliphatic rings. The van der Waals surface area contributed by atoms with E-state index in [9.17, 15) is 19.8 Å². The van der Waals surface area contributed by atoms with E-state index >= 15 is 0 Å². The van der Waals surface area contributed by atoms with E-state index in [0.29, 0.717) is 12.5 Å². The van der Waals surface area contributed by atoms with Gasteiger partial charge in [0.05, 0.1) is 34.7 Å². The van der Waals surface area contributed by atoms with E-state index in [0.717, 1.165) is 35.5 Å². The van der Waals surface area contributed by atoms with E-state index in [1.165, 1.54) is 0 Å². The molecular formula is C26H40N2O5S. The largest absolute Gasteiger partial charge is 0.458 e. The predicted octanol–water partition coefficient (Wildman–Crippen LogP) is 3.66. The van der Waals surface area contributed by atoms with E-state index in [1.54, 1.807) is 32.1 Å². The zero-order chi connectivity index (χ0) is 25.2. The van der Waals surface area contributed by atoms with Crippen LogP contribution < -0.4 is 5.32 Å². The summed E-state index contributed by atoms with van der Waals surface area (Å²) in [5, 5.41) is 28.1. The van der Waals surface area contributed by atoms with Crippen LogP contribution in [0.5, 0.6) is 0 Å². The summed E-state index contributed by atoms with van der Waals surface area (Å²) in [6, 6.07) is 0.615. The Morgan fingerprint density at radius 1 is 1.24 bits per heavy atom. The molecule has 3 heterocycles. The fraction of sp³-hybridized carbons (Fsp3) is 0.731. The van der Waals surface area contributed by atoms with Crippen molar-refractivity contribution < 1.29 is 24.5 Å². The number of cyclic esters (lactones) is 1. The van der Waals surface area contributed by atoms with Crippen LogP contribution in [0.3, 0.4) is 0 Å². The number of aliphatic hydroxyl groups is 2. The maximum atomic E-state index is 13.2. The number of hydrogen-bond acceptors (Lipinski definition) is 8. The normalized spacial score (nSPS) is 36.0. The molecule has 0 amide bonds. The number of thiazole rings is 1. The number of aromatic nitrogens is 1. The first-order chi connectivity index (χ1) is 15.9. The SMILES string of the molecule is CC(=Cc1csc(C)n1)C1C[C@@H]2N[C@@H]2CCC[C@H](C)[C@H](O)[C@@H](C)C(=O)C(C)(C)[C@@H](O)CC(=O)O1. The minimum absolute atomic E-state index is 0.0264. The summed E-state index contributed by atoms with van der Waals surface area (Å²) < 4.78 is 5.86. The molecule has 34 heavy (non-hydrogen) atoms. The van der Waals surface area contributed by atoms with E-state index in [2.05, 4.69) is 10.3 Å². The highest BCUT2D eigenvalue weighted by molar-refractivity contribution is 7.09. The maximum absolute atomic E-state index is 13.2. The van der Waals surface area contributed by atoms with Crippen molar-refractivity contribution in [3.63, 3.8) is 0 Å². The van der Waals surface area contributed by atoms with Gasteiger partial charge < -0.3 is 20.3 Å². The lowest BCUT2D eigenvalue weighted by Gasteiger charge is -2.34. The number of carbonyl (C=O) groups excluding carboxylic acids is 2. The molecular weight excluding hydrogens is 452 g/mol. The Hall–Kier alpha value is -1.61. The highest BCUT2D eigenvalue weighted by Crippen LogP contribution is 2.33. The highest BCUT2D eigenvalue weighted by atomic mass is 32.1. The monoisotopic (exact) mass is 492 g/mol. The van der Waals surface area contributed by atoms with Crippen LogP contribution in [0.1, 0.15) is 77.4 Å². The molecule has 1 unspecified atom stereocenters. The Kier molecular flexibility index (Phi) is 8.71. The molecule has 7 atom stereocenters. The minimum atomic E-state index is -1.21. The van der Waals surface area contributed by atoms with Gasteiger partial charge in [0, 0.05) is 29.8 Å². The molecule has 1 aromatic heterocycles. The summed E-state index contributed by atoms with van der Waals surface area (Å²) in [7, 11) is 0.